The Bertz CT molecular complexity index is 2320. The van der Waals surface area contributed by atoms with Gasteiger partial charge in [0.2, 0.25) is 0 Å². The van der Waals surface area contributed by atoms with E-state index in [2.05, 4.69) is 44.9 Å². The van der Waals surface area contributed by atoms with Crippen molar-refractivity contribution in [2.24, 2.45) is 0 Å². The molecule has 0 spiro atoms. The van der Waals surface area contributed by atoms with E-state index in [-0.39, 0.29) is 39.6 Å². The van der Waals surface area contributed by atoms with Gasteiger partial charge in [0.05, 0.1) is 76.9 Å². The van der Waals surface area contributed by atoms with Crippen molar-refractivity contribution in [3.63, 3.8) is 0 Å². The van der Waals surface area contributed by atoms with Crippen LogP contribution in [0.15, 0.2) is 38.0 Å². The van der Waals surface area contributed by atoms with Gasteiger partial charge in [0.15, 0.2) is 50.9 Å². The molecule has 0 unspecified atom stereocenters. The lowest BCUT2D eigenvalue weighted by atomic mass is 10.3. The van der Waals surface area contributed by atoms with Crippen molar-refractivity contribution in [3.05, 3.63) is 38.0 Å². The Morgan fingerprint density at radius 2 is 0.750 bits per heavy atom. The van der Waals surface area contributed by atoms with E-state index in [0.29, 0.717) is 50.9 Å². The summed E-state index contributed by atoms with van der Waals surface area (Å²) >= 11 is 0. The molecule has 27 nitrogen and oxygen atoms in total. The van der Waals surface area contributed by atoms with E-state index in [0.717, 1.165) is 0 Å². The Morgan fingerprint density at radius 3 is 1.00 bits per heavy atom. The topological polar surface area (TPSA) is 341 Å². The monoisotopic (exact) mass is 897 g/mol. The van der Waals surface area contributed by atoms with Crippen LogP contribution in [0.2, 0.25) is 0 Å². The van der Waals surface area contributed by atoms with E-state index in [9.17, 15) is 43.1 Å². The fourth-order valence-corrected chi connectivity index (χ4v) is 7.86. The summed E-state index contributed by atoms with van der Waals surface area (Å²) in [6.45, 7) is 6.12. The minimum absolute atomic E-state index is 0.181. The van der Waals surface area contributed by atoms with Gasteiger partial charge in [-0.2, -0.15) is 0 Å². The molecule has 1 saturated heterocycles. The molecular formula is C30H42N15O12P3. The second-order valence-corrected chi connectivity index (χ2v) is 18.9. The molecule has 1 aliphatic rings. The van der Waals surface area contributed by atoms with Crippen LogP contribution in [0.3, 0.4) is 0 Å². The summed E-state index contributed by atoms with van der Waals surface area (Å²) in [6.07, 6.45) is 4.72. The highest BCUT2D eigenvalue weighted by atomic mass is 31.2. The van der Waals surface area contributed by atoms with Crippen LogP contribution in [-0.2, 0) is 47.5 Å². The van der Waals surface area contributed by atoms with Gasteiger partial charge in [0, 0.05) is 0 Å². The summed E-state index contributed by atoms with van der Waals surface area (Å²) in [6, 6.07) is 0. The third kappa shape index (κ3) is 10.5. The summed E-state index contributed by atoms with van der Waals surface area (Å²) in [5, 5.41) is 0. The van der Waals surface area contributed by atoms with Crippen LogP contribution in [0.1, 0.15) is 20.8 Å². The lowest BCUT2D eigenvalue weighted by molar-refractivity contribution is 0.0764. The van der Waals surface area contributed by atoms with Crippen molar-refractivity contribution >= 4 is 73.7 Å². The summed E-state index contributed by atoms with van der Waals surface area (Å²) in [4.78, 5) is 102. The van der Waals surface area contributed by atoms with E-state index >= 15 is 0 Å². The van der Waals surface area contributed by atoms with Gasteiger partial charge in [-0.25, -0.2) is 44.9 Å². The SMILES string of the molecule is C[C@H](Cn1cnc2c(N3CN(c4ncnc5c4ncn5C[C@@H](C)OCP(=O)(O)O)CN(c4ncnc5c4ncn5C[C@@H](C)OCP(=O)(O)O)C3)ncnc21)OCP(=O)(O)O. The normalized spacial score (nSPS) is 16.1. The standard InChI is InChI=1S/C30H42N15O12P3/c1-19(55-16-58(46,47)48)4-40-10-37-22-25(40)31-7-34-28(22)43-13-44(29-23-26(32-8-35-29)41(11-38-23)5-20(2)56-17-59(49,50)51)15-45(14-43)30-24-27(33-9-36-30)42(12-39-24)6-21(3)57-18-60(52,53)54/h7-12,19-21H,4-6,13-18H2,1-3H3,(H2,46,47,48)(H2,49,50,51)(H2,52,53,54)/t19-,20-,21-/m1/s1. The molecule has 0 aliphatic carbocycles. The molecule has 60 heavy (non-hydrogen) atoms. The van der Waals surface area contributed by atoms with Crippen LogP contribution in [0.5, 0.6) is 0 Å². The molecule has 1 fully saturated rings. The molecule has 0 saturated carbocycles. The van der Waals surface area contributed by atoms with Gasteiger partial charge in [-0.3, -0.25) is 13.7 Å². The predicted molar refractivity (Wildman–Crippen MR) is 210 cm³/mol. The molecule has 0 amide bonds. The highest BCUT2D eigenvalue weighted by Gasteiger charge is 2.32. The van der Waals surface area contributed by atoms with Crippen molar-refractivity contribution < 1.29 is 57.3 Å². The second kappa shape index (κ2) is 17.4. The number of fused-ring (bicyclic) bond motifs is 3. The number of ether oxygens (including phenoxy) is 3. The zero-order chi connectivity index (χ0) is 43.0. The Labute approximate surface area is 339 Å². The molecule has 0 bridgehead atoms. The fraction of sp³-hybridized carbons (Fsp3) is 0.500. The minimum atomic E-state index is -4.39. The van der Waals surface area contributed by atoms with Crippen molar-refractivity contribution in [2.75, 3.05) is 53.7 Å². The summed E-state index contributed by atoms with van der Waals surface area (Å²) in [5.41, 5.74) is 2.57. The van der Waals surface area contributed by atoms with E-state index < -0.39 is 60.1 Å². The van der Waals surface area contributed by atoms with Gasteiger partial charge in [0.25, 0.3) is 0 Å². The Morgan fingerprint density at radius 1 is 0.483 bits per heavy atom. The van der Waals surface area contributed by atoms with Crippen molar-refractivity contribution in [1.29, 1.82) is 0 Å². The van der Waals surface area contributed by atoms with Crippen molar-refractivity contribution in [1.82, 2.24) is 58.6 Å². The van der Waals surface area contributed by atoms with E-state index in [4.69, 9.17) is 14.2 Å². The van der Waals surface area contributed by atoms with Gasteiger partial charge in [-0.1, -0.05) is 0 Å². The van der Waals surface area contributed by atoms with Crippen molar-refractivity contribution in [2.45, 2.75) is 58.7 Å². The number of nitrogens with zero attached hydrogens (tertiary/aromatic N) is 15. The third-order valence-electron chi connectivity index (χ3n) is 9.01. The Balaban J connectivity index is 1.23. The number of rotatable bonds is 18. The number of anilines is 3. The van der Waals surface area contributed by atoms with Gasteiger partial charge < -0.3 is 72.0 Å². The zero-order valence-electron chi connectivity index (χ0n) is 32.2. The quantitative estimate of drug-likeness (QED) is 0.0637. The summed E-state index contributed by atoms with van der Waals surface area (Å²) < 4.78 is 55.4. The fourth-order valence-electron chi connectivity index (χ4n) is 6.52. The first-order valence-corrected chi connectivity index (χ1v) is 23.4. The van der Waals surface area contributed by atoms with E-state index in [1.54, 1.807) is 34.5 Å². The number of hydrogen-bond acceptors (Lipinski definition) is 18. The molecule has 7 rings (SSSR count). The van der Waals surface area contributed by atoms with Crippen LogP contribution >= 0.6 is 22.8 Å². The molecule has 0 radical (unpaired) electrons. The van der Waals surface area contributed by atoms with Crippen LogP contribution in [0, 0.1) is 0 Å². The summed E-state index contributed by atoms with van der Waals surface area (Å²) in [7, 11) is -13.2. The lowest BCUT2D eigenvalue weighted by Crippen LogP contribution is -2.56. The lowest BCUT2D eigenvalue weighted by Gasteiger charge is -2.43. The molecule has 6 aromatic rings. The first-order valence-electron chi connectivity index (χ1n) is 18.0. The maximum absolute atomic E-state index is 11.4. The molecule has 30 heteroatoms. The minimum Gasteiger partial charge on any atom is -0.364 e. The highest BCUT2D eigenvalue weighted by Crippen LogP contribution is 2.37. The maximum Gasteiger partial charge on any atom is 0.350 e. The highest BCUT2D eigenvalue weighted by molar-refractivity contribution is 7.52. The first-order chi connectivity index (χ1) is 28.3. The third-order valence-corrected chi connectivity index (χ3v) is 10.5. The van der Waals surface area contributed by atoms with Gasteiger partial charge in [0.1, 0.15) is 38.0 Å². The molecular weight excluding hydrogens is 855 g/mol. The summed E-state index contributed by atoms with van der Waals surface area (Å²) in [5.74, 6) is 1.28. The van der Waals surface area contributed by atoms with Crippen LogP contribution in [0.4, 0.5) is 17.5 Å². The number of hydrogen-bond donors (Lipinski definition) is 6. The molecule has 0 aromatic carbocycles. The molecule has 324 valence electrons. The molecule has 1 aliphatic heterocycles. The second-order valence-electron chi connectivity index (χ2n) is 14.2. The molecule has 6 N–H and O–H groups in total. The number of imidazole rings is 3. The average molecular weight is 898 g/mol. The smallest absolute Gasteiger partial charge is 0.350 e. The van der Waals surface area contributed by atoms with Crippen LogP contribution in [-0.4, -0.2) is 145 Å². The van der Waals surface area contributed by atoms with Gasteiger partial charge in [-0.15, -0.1) is 0 Å². The predicted octanol–water partition coefficient (Wildman–Crippen LogP) is 0.432. The Hall–Kier alpha value is -4.62. The van der Waals surface area contributed by atoms with Crippen LogP contribution in [0.25, 0.3) is 33.5 Å². The van der Waals surface area contributed by atoms with Crippen LogP contribution < -0.4 is 14.7 Å². The largest absolute Gasteiger partial charge is 0.364 e. The van der Waals surface area contributed by atoms with Gasteiger partial charge >= 0.3 is 22.8 Å². The van der Waals surface area contributed by atoms with E-state index in [1.165, 1.54) is 38.0 Å². The maximum atomic E-state index is 11.4. The Kier molecular flexibility index (Phi) is 12.6. The molecule has 7 heterocycles. The number of aromatic nitrogens is 12. The van der Waals surface area contributed by atoms with Crippen molar-refractivity contribution in [3.8, 4) is 0 Å². The van der Waals surface area contributed by atoms with E-state index in [1.807, 2.05) is 14.7 Å². The molecule has 6 aromatic heterocycles. The zero-order valence-corrected chi connectivity index (χ0v) is 34.9. The van der Waals surface area contributed by atoms with Gasteiger partial charge in [-0.05, 0) is 20.8 Å². The average Bonchev–Trinajstić information content (AvgIpc) is 3.92. The first kappa shape index (κ1) is 43.5. The molecule has 3 atom stereocenters.